The van der Waals surface area contributed by atoms with E-state index in [0.29, 0.717) is 24.4 Å². The van der Waals surface area contributed by atoms with Crippen LogP contribution in [0.15, 0.2) is 16.5 Å². The number of amides is 1. The molecule has 2 aliphatic rings. The molecule has 0 N–H and O–H groups in total. The third-order valence-corrected chi connectivity index (χ3v) is 5.80. The first-order chi connectivity index (χ1) is 13.9. The van der Waals surface area contributed by atoms with Crippen molar-refractivity contribution < 1.29 is 9.21 Å². The second-order valence-corrected chi connectivity index (χ2v) is 8.03. The number of aromatic nitrogens is 2. The van der Waals surface area contributed by atoms with Crippen molar-refractivity contribution >= 4 is 17.5 Å². The van der Waals surface area contributed by atoms with Gasteiger partial charge < -0.3 is 24.0 Å². The smallest absolute Gasteiger partial charge is 0.257 e. The van der Waals surface area contributed by atoms with Gasteiger partial charge in [-0.1, -0.05) is 0 Å². The maximum Gasteiger partial charge on any atom is 0.257 e. The van der Waals surface area contributed by atoms with Crippen LogP contribution in [-0.2, 0) is 0 Å². The Hall–Kier alpha value is -2.61. The van der Waals surface area contributed by atoms with Gasteiger partial charge in [0.25, 0.3) is 5.91 Å². The van der Waals surface area contributed by atoms with Crippen molar-refractivity contribution in [3.63, 3.8) is 0 Å². The molecule has 8 heteroatoms. The lowest BCUT2D eigenvalue weighted by Gasteiger charge is -2.36. The SMILES string of the molecule is Cc1nc(N2CCN(C)CC2)cc(N2CCN(C(=O)c3cc(C)oc3C)CC2)n1. The zero-order valence-electron chi connectivity index (χ0n) is 17.8. The predicted molar refractivity (Wildman–Crippen MR) is 113 cm³/mol. The second-order valence-electron chi connectivity index (χ2n) is 8.03. The largest absolute Gasteiger partial charge is 0.466 e. The first-order valence-corrected chi connectivity index (χ1v) is 10.3. The molecule has 8 nitrogen and oxygen atoms in total. The van der Waals surface area contributed by atoms with E-state index in [1.54, 1.807) is 0 Å². The van der Waals surface area contributed by atoms with E-state index in [4.69, 9.17) is 4.42 Å². The standard InChI is InChI=1S/C21H30N6O2/c1-15-13-18(16(2)29-15)21(28)27-11-9-26(10-12-27)20-14-19(22-17(3)23-20)25-7-5-24(4)6-8-25/h13-14H,5-12H2,1-4H3. The molecule has 2 aromatic heterocycles. The molecule has 156 valence electrons. The van der Waals surface area contributed by atoms with Crippen LogP contribution in [0, 0.1) is 20.8 Å². The van der Waals surface area contributed by atoms with E-state index in [9.17, 15) is 4.79 Å². The van der Waals surface area contributed by atoms with Crippen LogP contribution in [0.1, 0.15) is 27.7 Å². The Morgan fingerprint density at radius 1 is 0.862 bits per heavy atom. The highest BCUT2D eigenvalue weighted by Crippen LogP contribution is 2.23. The monoisotopic (exact) mass is 398 g/mol. The summed E-state index contributed by atoms with van der Waals surface area (Å²) in [4.78, 5) is 31.0. The van der Waals surface area contributed by atoms with E-state index in [0.717, 1.165) is 62.5 Å². The van der Waals surface area contributed by atoms with Crippen molar-refractivity contribution in [2.75, 3.05) is 69.2 Å². The highest BCUT2D eigenvalue weighted by molar-refractivity contribution is 5.95. The topological polar surface area (TPSA) is 69.0 Å². The fourth-order valence-electron chi connectivity index (χ4n) is 4.05. The fraction of sp³-hybridized carbons (Fsp3) is 0.571. The Labute approximate surface area is 172 Å². The van der Waals surface area contributed by atoms with E-state index >= 15 is 0 Å². The van der Waals surface area contributed by atoms with Gasteiger partial charge in [-0.3, -0.25) is 4.79 Å². The number of anilines is 2. The number of carbonyl (C=O) groups is 1. The molecule has 0 spiro atoms. The van der Waals surface area contributed by atoms with Gasteiger partial charge in [0.2, 0.25) is 0 Å². The number of hydrogen-bond donors (Lipinski definition) is 0. The Bertz CT molecular complexity index is 879. The molecule has 2 fully saturated rings. The summed E-state index contributed by atoms with van der Waals surface area (Å²) >= 11 is 0. The Morgan fingerprint density at radius 3 is 1.93 bits per heavy atom. The van der Waals surface area contributed by atoms with Gasteiger partial charge in [-0.05, 0) is 33.9 Å². The van der Waals surface area contributed by atoms with E-state index in [2.05, 4.69) is 37.8 Å². The lowest BCUT2D eigenvalue weighted by Crippen LogP contribution is -2.49. The van der Waals surface area contributed by atoms with Crippen molar-refractivity contribution in [3.8, 4) is 0 Å². The molecule has 29 heavy (non-hydrogen) atoms. The minimum Gasteiger partial charge on any atom is -0.466 e. The Balaban J connectivity index is 1.43. The molecule has 0 radical (unpaired) electrons. The van der Waals surface area contributed by atoms with Crippen LogP contribution in [0.4, 0.5) is 11.6 Å². The molecule has 0 atom stereocenters. The highest BCUT2D eigenvalue weighted by atomic mass is 16.3. The number of furan rings is 1. The van der Waals surface area contributed by atoms with Gasteiger partial charge in [0.1, 0.15) is 29.0 Å². The number of carbonyl (C=O) groups excluding carboxylic acids is 1. The van der Waals surface area contributed by atoms with Crippen molar-refractivity contribution in [3.05, 3.63) is 35.0 Å². The molecule has 2 saturated heterocycles. The van der Waals surface area contributed by atoms with Crippen LogP contribution in [0.2, 0.25) is 0 Å². The quantitative estimate of drug-likeness (QED) is 0.780. The number of likely N-dealkylation sites (N-methyl/N-ethyl adjacent to an activating group) is 1. The molecule has 0 bridgehead atoms. The number of aryl methyl sites for hydroxylation is 3. The van der Waals surface area contributed by atoms with Crippen molar-refractivity contribution in [1.82, 2.24) is 19.8 Å². The predicted octanol–water partition coefficient (Wildman–Crippen LogP) is 1.71. The fourth-order valence-corrected chi connectivity index (χ4v) is 4.05. The molecule has 1 amide bonds. The molecular formula is C21H30N6O2. The summed E-state index contributed by atoms with van der Waals surface area (Å²) in [5.41, 5.74) is 0.672. The number of nitrogens with zero attached hydrogens (tertiary/aromatic N) is 6. The summed E-state index contributed by atoms with van der Waals surface area (Å²) < 4.78 is 5.52. The lowest BCUT2D eigenvalue weighted by atomic mass is 10.2. The summed E-state index contributed by atoms with van der Waals surface area (Å²) in [6.07, 6.45) is 0. The van der Waals surface area contributed by atoms with Crippen molar-refractivity contribution in [1.29, 1.82) is 0 Å². The average Bonchev–Trinajstić information content (AvgIpc) is 3.05. The molecule has 0 saturated carbocycles. The van der Waals surface area contributed by atoms with Gasteiger partial charge in [0.05, 0.1) is 5.56 Å². The molecule has 0 aliphatic carbocycles. The van der Waals surface area contributed by atoms with Crippen molar-refractivity contribution in [2.24, 2.45) is 0 Å². The van der Waals surface area contributed by atoms with Crippen LogP contribution in [0.3, 0.4) is 0 Å². The van der Waals surface area contributed by atoms with Crippen LogP contribution in [0.5, 0.6) is 0 Å². The maximum atomic E-state index is 12.8. The molecule has 4 heterocycles. The van der Waals surface area contributed by atoms with Gasteiger partial charge in [0.15, 0.2) is 0 Å². The number of rotatable bonds is 3. The summed E-state index contributed by atoms with van der Waals surface area (Å²) in [6.45, 7) is 12.6. The van der Waals surface area contributed by atoms with Crippen LogP contribution in [-0.4, -0.2) is 85.1 Å². The zero-order valence-corrected chi connectivity index (χ0v) is 17.8. The molecule has 0 unspecified atom stereocenters. The highest BCUT2D eigenvalue weighted by Gasteiger charge is 2.26. The normalized spacial score (nSPS) is 18.4. The Kier molecular flexibility index (Phi) is 5.45. The molecule has 2 aromatic rings. The van der Waals surface area contributed by atoms with E-state index < -0.39 is 0 Å². The second kappa shape index (κ2) is 8.02. The van der Waals surface area contributed by atoms with E-state index in [1.165, 1.54) is 0 Å². The number of piperazine rings is 2. The van der Waals surface area contributed by atoms with Gasteiger partial charge in [0, 0.05) is 58.4 Å². The summed E-state index contributed by atoms with van der Waals surface area (Å²) in [7, 11) is 2.15. The molecule has 4 rings (SSSR count). The molecular weight excluding hydrogens is 368 g/mol. The Morgan fingerprint density at radius 2 is 1.41 bits per heavy atom. The van der Waals surface area contributed by atoms with Gasteiger partial charge in [-0.25, -0.2) is 9.97 Å². The van der Waals surface area contributed by atoms with Crippen molar-refractivity contribution in [2.45, 2.75) is 20.8 Å². The minimum absolute atomic E-state index is 0.0518. The molecule has 0 aromatic carbocycles. The lowest BCUT2D eigenvalue weighted by molar-refractivity contribution is 0.0744. The summed E-state index contributed by atoms with van der Waals surface area (Å²) in [5.74, 6) is 4.27. The first kappa shape index (κ1) is 19.7. The van der Waals surface area contributed by atoms with Crippen LogP contribution >= 0.6 is 0 Å². The average molecular weight is 399 g/mol. The van der Waals surface area contributed by atoms with E-state index in [-0.39, 0.29) is 5.91 Å². The molecule has 2 aliphatic heterocycles. The summed E-state index contributed by atoms with van der Waals surface area (Å²) in [5, 5.41) is 0. The van der Waals surface area contributed by atoms with Crippen LogP contribution in [0.25, 0.3) is 0 Å². The summed E-state index contributed by atoms with van der Waals surface area (Å²) in [6, 6.07) is 3.93. The first-order valence-electron chi connectivity index (χ1n) is 10.3. The maximum absolute atomic E-state index is 12.8. The zero-order chi connectivity index (χ0) is 20.5. The third kappa shape index (κ3) is 4.22. The van der Waals surface area contributed by atoms with Gasteiger partial charge in [-0.15, -0.1) is 0 Å². The van der Waals surface area contributed by atoms with Gasteiger partial charge in [-0.2, -0.15) is 0 Å². The van der Waals surface area contributed by atoms with Crippen LogP contribution < -0.4 is 9.80 Å². The van der Waals surface area contributed by atoms with E-state index in [1.807, 2.05) is 31.7 Å². The minimum atomic E-state index is 0.0518. The third-order valence-electron chi connectivity index (χ3n) is 5.80. The number of hydrogen-bond acceptors (Lipinski definition) is 7. The van der Waals surface area contributed by atoms with Gasteiger partial charge >= 0.3 is 0 Å².